The first-order chi connectivity index (χ1) is 12.1. The molecule has 134 valence electrons. The van der Waals surface area contributed by atoms with Crippen LogP contribution in [0.5, 0.6) is 11.5 Å². The second-order valence-electron chi connectivity index (χ2n) is 5.39. The van der Waals surface area contributed by atoms with Gasteiger partial charge in [-0.05, 0) is 48.7 Å². The fourth-order valence-corrected chi connectivity index (χ4v) is 3.16. The monoisotopic (exact) mass is 379 g/mol. The van der Waals surface area contributed by atoms with E-state index in [0.717, 1.165) is 22.8 Å². The Labute approximate surface area is 157 Å². The van der Waals surface area contributed by atoms with Crippen LogP contribution in [0.1, 0.15) is 12.0 Å². The summed E-state index contributed by atoms with van der Waals surface area (Å²) in [5.74, 6) is 1.74. The van der Waals surface area contributed by atoms with Crippen molar-refractivity contribution in [2.24, 2.45) is 0 Å². The minimum atomic E-state index is 0.0240. The highest BCUT2D eigenvalue weighted by Crippen LogP contribution is 2.31. The van der Waals surface area contributed by atoms with E-state index in [2.05, 4.69) is 5.32 Å². The number of nitrogens with one attached hydrogen (secondary N) is 1. The third-order valence-electron chi connectivity index (χ3n) is 3.60. The van der Waals surface area contributed by atoms with Crippen molar-refractivity contribution in [3.63, 3.8) is 0 Å². The lowest BCUT2D eigenvalue weighted by Gasteiger charge is -2.09. The van der Waals surface area contributed by atoms with Crippen molar-refractivity contribution >= 4 is 29.3 Å². The van der Waals surface area contributed by atoms with E-state index in [1.54, 1.807) is 14.2 Å². The maximum absolute atomic E-state index is 11.9. The molecule has 0 aliphatic heterocycles. The van der Waals surface area contributed by atoms with Crippen LogP contribution in [0, 0.1) is 0 Å². The zero-order valence-electron chi connectivity index (χ0n) is 14.4. The Morgan fingerprint density at radius 3 is 2.48 bits per heavy atom. The van der Waals surface area contributed by atoms with Gasteiger partial charge in [0.2, 0.25) is 5.91 Å². The second-order valence-corrected chi connectivity index (χ2v) is 6.87. The largest absolute Gasteiger partial charge is 0.493 e. The van der Waals surface area contributed by atoms with Crippen LogP contribution in [-0.4, -0.2) is 32.4 Å². The highest BCUT2D eigenvalue weighted by Gasteiger charge is 2.07. The molecule has 0 aliphatic rings. The molecule has 1 amide bonds. The molecule has 0 bridgehead atoms. The Bertz CT molecular complexity index is 692. The molecule has 0 fully saturated rings. The SMILES string of the molecule is COc1ccc(SCC(=O)NCCCc2ccc(Cl)cc2)cc1OC. The Kier molecular flexibility index (Phi) is 7.95. The highest BCUT2D eigenvalue weighted by atomic mass is 35.5. The molecule has 0 saturated heterocycles. The van der Waals surface area contributed by atoms with E-state index in [-0.39, 0.29) is 5.91 Å². The van der Waals surface area contributed by atoms with Gasteiger partial charge in [0.05, 0.1) is 20.0 Å². The Hall–Kier alpha value is -1.85. The van der Waals surface area contributed by atoms with E-state index in [1.807, 2.05) is 42.5 Å². The molecule has 2 rings (SSSR count). The van der Waals surface area contributed by atoms with Crippen molar-refractivity contribution < 1.29 is 14.3 Å². The number of halogens is 1. The second kappa shape index (κ2) is 10.2. The Morgan fingerprint density at radius 1 is 1.08 bits per heavy atom. The average molecular weight is 380 g/mol. The third kappa shape index (κ3) is 6.52. The molecule has 2 aromatic rings. The summed E-state index contributed by atoms with van der Waals surface area (Å²) < 4.78 is 10.5. The molecular formula is C19H22ClNO3S. The van der Waals surface area contributed by atoms with Crippen molar-refractivity contribution in [2.45, 2.75) is 17.7 Å². The first-order valence-corrected chi connectivity index (χ1v) is 9.34. The average Bonchev–Trinajstić information content (AvgIpc) is 2.64. The summed E-state index contributed by atoms with van der Waals surface area (Å²) in [6.45, 7) is 0.661. The van der Waals surface area contributed by atoms with E-state index in [0.29, 0.717) is 23.8 Å². The van der Waals surface area contributed by atoms with Gasteiger partial charge in [0.1, 0.15) is 0 Å². The van der Waals surface area contributed by atoms with Gasteiger partial charge >= 0.3 is 0 Å². The minimum Gasteiger partial charge on any atom is -0.493 e. The fourth-order valence-electron chi connectivity index (χ4n) is 2.28. The van der Waals surface area contributed by atoms with Gasteiger partial charge in [0, 0.05) is 16.5 Å². The van der Waals surface area contributed by atoms with Crippen LogP contribution < -0.4 is 14.8 Å². The third-order valence-corrected chi connectivity index (χ3v) is 4.85. The van der Waals surface area contributed by atoms with Crippen molar-refractivity contribution in [2.75, 3.05) is 26.5 Å². The lowest BCUT2D eigenvalue weighted by Crippen LogP contribution is -2.26. The number of carbonyl (C=O) groups is 1. The molecule has 25 heavy (non-hydrogen) atoms. The summed E-state index contributed by atoms with van der Waals surface area (Å²) in [6, 6.07) is 13.4. The standard InChI is InChI=1S/C19H22ClNO3S/c1-23-17-10-9-16(12-18(17)24-2)25-13-19(22)21-11-3-4-14-5-7-15(20)8-6-14/h5-10,12H,3-4,11,13H2,1-2H3,(H,21,22). The molecule has 0 radical (unpaired) electrons. The molecule has 0 atom stereocenters. The molecule has 0 saturated carbocycles. The molecular weight excluding hydrogens is 358 g/mol. The highest BCUT2D eigenvalue weighted by molar-refractivity contribution is 8.00. The number of amides is 1. The summed E-state index contributed by atoms with van der Waals surface area (Å²) in [4.78, 5) is 12.9. The van der Waals surface area contributed by atoms with Crippen molar-refractivity contribution in [1.29, 1.82) is 0 Å². The zero-order chi connectivity index (χ0) is 18.1. The minimum absolute atomic E-state index is 0.0240. The predicted molar refractivity (Wildman–Crippen MR) is 103 cm³/mol. The summed E-state index contributed by atoms with van der Waals surface area (Å²) in [5.41, 5.74) is 1.22. The van der Waals surface area contributed by atoms with Gasteiger partial charge < -0.3 is 14.8 Å². The number of benzene rings is 2. The molecule has 0 unspecified atom stereocenters. The van der Waals surface area contributed by atoms with Crippen LogP contribution in [0.2, 0.25) is 5.02 Å². The number of rotatable bonds is 9. The van der Waals surface area contributed by atoms with Crippen LogP contribution in [0.15, 0.2) is 47.4 Å². The maximum atomic E-state index is 11.9. The molecule has 0 spiro atoms. The van der Waals surface area contributed by atoms with Gasteiger partial charge in [-0.2, -0.15) is 0 Å². The first kappa shape index (κ1) is 19.5. The molecule has 2 aromatic carbocycles. The van der Waals surface area contributed by atoms with Gasteiger partial charge in [-0.3, -0.25) is 4.79 Å². The number of thioether (sulfide) groups is 1. The van der Waals surface area contributed by atoms with E-state index in [9.17, 15) is 4.79 Å². The van der Waals surface area contributed by atoms with Gasteiger partial charge in [0.25, 0.3) is 0 Å². The lowest BCUT2D eigenvalue weighted by atomic mass is 10.1. The topological polar surface area (TPSA) is 47.6 Å². The maximum Gasteiger partial charge on any atom is 0.230 e. The number of methoxy groups -OCH3 is 2. The van der Waals surface area contributed by atoms with Gasteiger partial charge in [-0.15, -0.1) is 11.8 Å². The van der Waals surface area contributed by atoms with Crippen LogP contribution in [0.25, 0.3) is 0 Å². The fraction of sp³-hybridized carbons (Fsp3) is 0.316. The van der Waals surface area contributed by atoms with Crippen LogP contribution in [0.4, 0.5) is 0 Å². The van der Waals surface area contributed by atoms with Gasteiger partial charge in [-0.1, -0.05) is 23.7 Å². The van der Waals surface area contributed by atoms with E-state index in [4.69, 9.17) is 21.1 Å². The zero-order valence-corrected chi connectivity index (χ0v) is 16.0. The summed E-state index contributed by atoms with van der Waals surface area (Å²) >= 11 is 7.33. The quantitative estimate of drug-likeness (QED) is 0.524. The molecule has 0 aliphatic carbocycles. The molecule has 0 aromatic heterocycles. The predicted octanol–water partition coefficient (Wildman–Crippen LogP) is 4.20. The smallest absolute Gasteiger partial charge is 0.230 e. The molecule has 6 heteroatoms. The molecule has 1 N–H and O–H groups in total. The number of ether oxygens (including phenoxy) is 2. The van der Waals surface area contributed by atoms with Crippen LogP contribution in [-0.2, 0) is 11.2 Å². The van der Waals surface area contributed by atoms with Crippen molar-refractivity contribution in [3.05, 3.63) is 53.1 Å². The normalized spacial score (nSPS) is 10.4. The number of carbonyl (C=O) groups excluding carboxylic acids is 1. The van der Waals surface area contributed by atoms with E-state index >= 15 is 0 Å². The molecule has 4 nitrogen and oxygen atoms in total. The summed E-state index contributed by atoms with van der Waals surface area (Å²) in [6.07, 6.45) is 1.81. The van der Waals surface area contributed by atoms with Crippen LogP contribution >= 0.6 is 23.4 Å². The Balaban J connectivity index is 1.69. The summed E-state index contributed by atoms with van der Waals surface area (Å²) in [7, 11) is 3.20. The number of hydrogen-bond donors (Lipinski definition) is 1. The Morgan fingerprint density at radius 2 is 1.80 bits per heavy atom. The van der Waals surface area contributed by atoms with E-state index in [1.165, 1.54) is 17.3 Å². The number of hydrogen-bond acceptors (Lipinski definition) is 4. The van der Waals surface area contributed by atoms with Crippen molar-refractivity contribution in [1.82, 2.24) is 5.32 Å². The molecule has 0 heterocycles. The number of aryl methyl sites for hydroxylation is 1. The lowest BCUT2D eigenvalue weighted by molar-refractivity contribution is -0.118. The van der Waals surface area contributed by atoms with E-state index < -0.39 is 0 Å². The van der Waals surface area contributed by atoms with Gasteiger partial charge in [0.15, 0.2) is 11.5 Å². The summed E-state index contributed by atoms with van der Waals surface area (Å²) in [5, 5.41) is 3.68. The van der Waals surface area contributed by atoms with Crippen LogP contribution in [0.3, 0.4) is 0 Å². The first-order valence-electron chi connectivity index (χ1n) is 7.98. The van der Waals surface area contributed by atoms with Gasteiger partial charge in [-0.25, -0.2) is 0 Å². The van der Waals surface area contributed by atoms with Crippen molar-refractivity contribution in [3.8, 4) is 11.5 Å².